The summed E-state index contributed by atoms with van der Waals surface area (Å²) in [5, 5.41) is 4.36. The summed E-state index contributed by atoms with van der Waals surface area (Å²) in [4.78, 5) is 9.19. The third kappa shape index (κ3) is 4.23. The Labute approximate surface area is 190 Å². The fourth-order valence-electron chi connectivity index (χ4n) is 4.54. The van der Waals surface area contributed by atoms with Gasteiger partial charge in [0.15, 0.2) is 5.11 Å². The average Bonchev–Trinajstić information content (AvgIpc) is 3.22. The van der Waals surface area contributed by atoms with Crippen molar-refractivity contribution in [1.29, 1.82) is 0 Å². The van der Waals surface area contributed by atoms with Gasteiger partial charge in [0.1, 0.15) is 0 Å². The van der Waals surface area contributed by atoms with Crippen molar-refractivity contribution in [3.05, 3.63) is 82.9 Å². The first kappa shape index (κ1) is 21.5. The highest BCUT2D eigenvalue weighted by molar-refractivity contribution is 7.80. The molecule has 4 rings (SSSR count). The minimum Gasteiger partial charge on any atom is -0.352 e. The summed E-state index contributed by atoms with van der Waals surface area (Å²) in [6.07, 6.45) is 1.86. The number of thiocarbonyl (C=S) groups is 1. The number of benzene rings is 1. The second-order valence-electron chi connectivity index (χ2n) is 8.62. The number of pyridine rings is 1. The van der Waals surface area contributed by atoms with E-state index in [1.165, 1.54) is 28.2 Å². The lowest BCUT2D eigenvalue weighted by Crippen LogP contribution is -2.35. The maximum absolute atomic E-state index is 5.80. The molecule has 0 bridgehead atoms. The van der Waals surface area contributed by atoms with Crippen LogP contribution >= 0.6 is 12.2 Å². The van der Waals surface area contributed by atoms with E-state index in [0.29, 0.717) is 0 Å². The maximum Gasteiger partial charge on any atom is 0.170 e. The first-order chi connectivity index (χ1) is 14.9. The van der Waals surface area contributed by atoms with E-state index < -0.39 is 0 Å². The summed E-state index contributed by atoms with van der Waals surface area (Å²) in [5.74, 6) is 0. The summed E-state index contributed by atoms with van der Waals surface area (Å²) in [6, 6.07) is 17.2. The Morgan fingerprint density at radius 2 is 1.87 bits per heavy atom. The third-order valence-electron chi connectivity index (χ3n) is 6.03. The summed E-state index contributed by atoms with van der Waals surface area (Å²) >= 11 is 5.80. The second kappa shape index (κ2) is 8.81. The molecule has 162 valence electrons. The monoisotopic (exact) mass is 433 g/mol. The lowest BCUT2D eigenvalue weighted by molar-refractivity contribution is 0.277. The van der Waals surface area contributed by atoms with Gasteiger partial charge in [-0.3, -0.25) is 4.98 Å². The predicted molar refractivity (Wildman–Crippen MR) is 131 cm³/mol. The van der Waals surface area contributed by atoms with Gasteiger partial charge in [0.2, 0.25) is 0 Å². The van der Waals surface area contributed by atoms with Gasteiger partial charge in [-0.05, 0) is 88.5 Å². The van der Waals surface area contributed by atoms with E-state index in [4.69, 9.17) is 12.2 Å². The molecule has 2 aromatic heterocycles. The number of hydrogen-bond donors (Lipinski definition) is 1. The van der Waals surface area contributed by atoms with Gasteiger partial charge in [-0.2, -0.15) is 0 Å². The number of likely N-dealkylation sites (N-methyl/N-ethyl adjacent to an activating group) is 1. The minimum absolute atomic E-state index is 0.0160. The Balaban J connectivity index is 1.81. The smallest absolute Gasteiger partial charge is 0.170 e. The molecule has 1 fully saturated rings. The summed E-state index contributed by atoms with van der Waals surface area (Å²) in [7, 11) is 4.20. The summed E-state index contributed by atoms with van der Waals surface area (Å²) < 4.78 is 2.35. The van der Waals surface area contributed by atoms with Gasteiger partial charge in [0.05, 0.1) is 17.8 Å². The topological polar surface area (TPSA) is 36.3 Å². The molecule has 3 aromatic rings. The van der Waals surface area contributed by atoms with E-state index in [1.807, 2.05) is 18.3 Å². The van der Waals surface area contributed by atoms with Crippen LogP contribution in [0.4, 0.5) is 0 Å². The van der Waals surface area contributed by atoms with Crippen LogP contribution < -0.4 is 5.32 Å². The number of hydrogen-bond acceptors (Lipinski definition) is 3. The van der Waals surface area contributed by atoms with Crippen LogP contribution in [0, 0.1) is 20.8 Å². The Bertz CT molecular complexity index is 1070. The highest BCUT2D eigenvalue weighted by Crippen LogP contribution is 2.41. The van der Waals surface area contributed by atoms with Crippen LogP contribution in [-0.2, 0) is 0 Å². The Morgan fingerprint density at radius 3 is 2.55 bits per heavy atom. The van der Waals surface area contributed by atoms with E-state index in [9.17, 15) is 0 Å². The number of rotatable bonds is 6. The number of aryl methyl sites for hydroxylation is 2. The van der Waals surface area contributed by atoms with Crippen LogP contribution in [0.25, 0.3) is 5.69 Å². The van der Waals surface area contributed by atoms with Crippen molar-refractivity contribution in [3.8, 4) is 5.69 Å². The van der Waals surface area contributed by atoms with Crippen LogP contribution in [0.2, 0.25) is 0 Å². The van der Waals surface area contributed by atoms with Crippen LogP contribution in [0.5, 0.6) is 0 Å². The molecule has 2 unspecified atom stereocenters. The van der Waals surface area contributed by atoms with E-state index in [-0.39, 0.29) is 12.1 Å². The van der Waals surface area contributed by atoms with Crippen LogP contribution in [-0.4, -0.2) is 51.6 Å². The molecule has 0 aliphatic carbocycles. The highest BCUT2D eigenvalue weighted by atomic mass is 32.1. The quantitative estimate of drug-likeness (QED) is 0.586. The molecule has 2 atom stereocenters. The first-order valence-corrected chi connectivity index (χ1v) is 11.2. The molecule has 1 aromatic carbocycles. The van der Waals surface area contributed by atoms with Crippen molar-refractivity contribution >= 4 is 17.3 Å². The van der Waals surface area contributed by atoms with Crippen LogP contribution in [0.15, 0.2) is 54.7 Å². The maximum atomic E-state index is 5.80. The van der Waals surface area contributed by atoms with Gasteiger partial charge in [0, 0.05) is 36.4 Å². The number of nitrogens with zero attached hydrogens (tertiary/aromatic N) is 4. The van der Waals surface area contributed by atoms with Gasteiger partial charge in [-0.25, -0.2) is 0 Å². The molecule has 0 amide bonds. The van der Waals surface area contributed by atoms with Gasteiger partial charge >= 0.3 is 0 Å². The SMILES string of the molecule is Cc1cccc(-n2c(C)cc(C3C(c4ccccn4)NC(=S)N3CCN(C)C)c2C)c1. The van der Waals surface area contributed by atoms with Crippen molar-refractivity contribution in [2.45, 2.75) is 32.9 Å². The van der Waals surface area contributed by atoms with E-state index >= 15 is 0 Å². The fraction of sp³-hybridized carbons (Fsp3) is 0.360. The average molecular weight is 434 g/mol. The lowest BCUT2D eigenvalue weighted by atomic mass is 9.96. The molecular weight excluding hydrogens is 402 g/mol. The Morgan fingerprint density at radius 1 is 1.06 bits per heavy atom. The fourth-order valence-corrected chi connectivity index (χ4v) is 4.88. The number of aromatic nitrogens is 2. The largest absolute Gasteiger partial charge is 0.352 e. The molecule has 1 aliphatic heterocycles. The minimum atomic E-state index is 0.0160. The molecule has 1 N–H and O–H groups in total. The second-order valence-corrected chi connectivity index (χ2v) is 9.01. The van der Waals surface area contributed by atoms with Crippen molar-refractivity contribution in [1.82, 2.24) is 24.7 Å². The van der Waals surface area contributed by atoms with Gasteiger partial charge < -0.3 is 19.7 Å². The molecule has 0 spiro atoms. The molecule has 1 saturated heterocycles. The highest BCUT2D eigenvalue weighted by Gasteiger charge is 2.41. The van der Waals surface area contributed by atoms with E-state index in [1.54, 1.807) is 0 Å². The van der Waals surface area contributed by atoms with Crippen molar-refractivity contribution in [3.63, 3.8) is 0 Å². The Kier molecular flexibility index (Phi) is 6.12. The molecule has 6 heteroatoms. The van der Waals surface area contributed by atoms with Gasteiger partial charge in [-0.1, -0.05) is 18.2 Å². The molecule has 3 heterocycles. The third-order valence-corrected chi connectivity index (χ3v) is 6.39. The Hall–Kier alpha value is -2.70. The van der Waals surface area contributed by atoms with Crippen molar-refractivity contribution in [2.75, 3.05) is 27.2 Å². The van der Waals surface area contributed by atoms with Crippen LogP contribution in [0.1, 0.15) is 40.3 Å². The molecule has 5 nitrogen and oxygen atoms in total. The van der Waals surface area contributed by atoms with Crippen molar-refractivity contribution < 1.29 is 0 Å². The van der Waals surface area contributed by atoms with Gasteiger partial charge in [-0.15, -0.1) is 0 Å². The summed E-state index contributed by atoms with van der Waals surface area (Å²) in [6.45, 7) is 8.33. The molecule has 31 heavy (non-hydrogen) atoms. The normalized spacial score (nSPS) is 18.6. The molecule has 0 radical (unpaired) electrons. The van der Waals surface area contributed by atoms with Gasteiger partial charge in [0.25, 0.3) is 0 Å². The van der Waals surface area contributed by atoms with E-state index in [0.717, 1.165) is 23.9 Å². The zero-order chi connectivity index (χ0) is 22.1. The number of nitrogens with one attached hydrogen (secondary N) is 1. The molecule has 1 aliphatic rings. The summed E-state index contributed by atoms with van der Waals surface area (Å²) in [5.41, 5.74) is 7.24. The predicted octanol–water partition coefficient (Wildman–Crippen LogP) is 4.33. The standard InChI is InChI=1S/C25H31N5S/c1-17-9-8-10-20(15-17)30-18(2)16-21(19(30)3)24-23(22-11-6-7-12-26-22)27-25(31)29(24)14-13-28(4)5/h6-12,15-16,23-24H,13-14H2,1-5H3,(H,27,31). The zero-order valence-corrected chi connectivity index (χ0v) is 19.8. The van der Waals surface area contributed by atoms with E-state index in [2.05, 4.69) is 95.9 Å². The zero-order valence-electron chi connectivity index (χ0n) is 19.0. The lowest BCUT2D eigenvalue weighted by Gasteiger charge is -2.29. The van der Waals surface area contributed by atoms with Crippen molar-refractivity contribution in [2.24, 2.45) is 0 Å². The van der Waals surface area contributed by atoms with Crippen LogP contribution in [0.3, 0.4) is 0 Å². The first-order valence-electron chi connectivity index (χ1n) is 10.8. The molecular formula is C25H31N5S. The molecule has 0 saturated carbocycles.